The molecule has 0 aromatic carbocycles. The van der Waals surface area contributed by atoms with Gasteiger partial charge in [0.15, 0.2) is 11.5 Å². The summed E-state index contributed by atoms with van der Waals surface area (Å²) < 4.78 is 0. The second-order valence-corrected chi connectivity index (χ2v) is 3.87. The zero-order chi connectivity index (χ0) is 11.4. The number of aliphatic hydroxyl groups excluding tert-OH is 1. The fraction of sp³-hybridized carbons (Fsp3) is 0.545. The molecule has 1 fully saturated rings. The van der Waals surface area contributed by atoms with Gasteiger partial charge in [0.2, 0.25) is 0 Å². The van der Waals surface area contributed by atoms with Crippen LogP contribution in [0.4, 0.5) is 5.82 Å². The van der Waals surface area contributed by atoms with Crippen molar-refractivity contribution in [2.45, 2.75) is 25.3 Å². The molecule has 1 aliphatic heterocycles. The fourth-order valence-electron chi connectivity index (χ4n) is 2.09. The van der Waals surface area contributed by atoms with E-state index < -0.39 is 0 Å². The molecule has 2 heterocycles. The summed E-state index contributed by atoms with van der Waals surface area (Å²) in [5, 5.41) is 18.3. The SMILES string of the molecule is N#Cc1nccnc1N1CCCCC1CO. The Labute approximate surface area is 94.4 Å². The summed E-state index contributed by atoms with van der Waals surface area (Å²) in [6, 6.07) is 2.11. The zero-order valence-corrected chi connectivity index (χ0v) is 9.00. The van der Waals surface area contributed by atoms with E-state index >= 15 is 0 Å². The van der Waals surface area contributed by atoms with E-state index in [4.69, 9.17) is 5.26 Å². The second kappa shape index (κ2) is 4.90. The molecular formula is C11H14N4O. The van der Waals surface area contributed by atoms with Gasteiger partial charge in [-0.2, -0.15) is 5.26 Å². The van der Waals surface area contributed by atoms with Gasteiger partial charge >= 0.3 is 0 Å². The molecule has 0 radical (unpaired) electrons. The van der Waals surface area contributed by atoms with Crippen LogP contribution >= 0.6 is 0 Å². The van der Waals surface area contributed by atoms with E-state index in [2.05, 4.69) is 9.97 Å². The van der Waals surface area contributed by atoms with Crippen molar-refractivity contribution in [3.05, 3.63) is 18.1 Å². The summed E-state index contributed by atoms with van der Waals surface area (Å²) in [4.78, 5) is 10.2. The van der Waals surface area contributed by atoms with Crippen molar-refractivity contribution < 1.29 is 5.11 Å². The summed E-state index contributed by atoms with van der Waals surface area (Å²) in [7, 11) is 0. The smallest absolute Gasteiger partial charge is 0.183 e. The van der Waals surface area contributed by atoms with Gasteiger partial charge in [0, 0.05) is 18.9 Å². The van der Waals surface area contributed by atoms with Gasteiger partial charge in [-0.3, -0.25) is 0 Å². The summed E-state index contributed by atoms with van der Waals surface area (Å²) >= 11 is 0. The summed E-state index contributed by atoms with van der Waals surface area (Å²) in [5.41, 5.74) is 0.336. The quantitative estimate of drug-likeness (QED) is 0.791. The molecule has 0 saturated carbocycles. The average Bonchev–Trinajstić information content (AvgIpc) is 2.38. The third kappa shape index (κ3) is 1.97. The molecule has 2 rings (SSSR count). The van der Waals surface area contributed by atoms with Gasteiger partial charge in [-0.05, 0) is 19.3 Å². The summed E-state index contributed by atoms with van der Waals surface area (Å²) in [6.07, 6.45) is 6.22. The van der Waals surface area contributed by atoms with Crippen molar-refractivity contribution in [1.29, 1.82) is 5.26 Å². The Morgan fingerprint density at radius 2 is 2.25 bits per heavy atom. The highest BCUT2D eigenvalue weighted by Crippen LogP contribution is 2.24. The highest BCUT2D eigenvalue weighted by Gasteiger charge is 2.25. The van der Waals surface area contributed by atoms with Crippen molar-refractivity contribution in [1.82, 2.24) is 9.97 Å². The molecule has 1 aromatic rings. The van der Waals surface area contributed by atoms with E-state index in [0.717, 1.165) is 25.8 Å². The van der Waals surface area contributed by atoms with E-state index in [1.165, 1.54) is 6.20 Å². The van der Waals surface area contributed by atoms with E-state index in [1.807, 2.05) is 11.0 Å². The normalized spacial score (nSPS) is 20.5. The predicted octanol–water partition coefficient (Wildman–Crippen LogP) is 0.699. The van der Waals surface area contributed by atoms with Gasteiger partial charge in [0.25, 0.3) is 0 Å². The van der Waals surface area contributed by atoms with Crippen molar-refractivity contribution in [3.8, 4) is 6.07 Å². The molecule has 5 nitrogen and oxygen atoms in total. The molecular weight excluding hydrogens is 204 g/mol. The van der Waals surface area contributed by atoms with E-state index in [9.17, 15) is 5.11 Å². The molecule has 84 valence electrons. The number of piperidine rings is 1. The third-order valence-corrected chi connectivity index (χ3v) is 2.89. The molecule has 0 spiro atoms. The van der Waals surface area contributed by atoms with E-state index in [1.54, 1.807) is 6.20 Å². The Morgan fingerprint density at radius 1 is 1.44 bits per heavy atom. The molecule has 0 bridgehead atoms. The number of hydrogen-bond donors (Lipinski definition) is 1. The lowest BCUT2D eigenvalue weighted by atomic mass is 10.0. The number of aromatic nitrogens is 2. The Balaban J connectivity index is 2.31. The topological polar surface area (TPSA) is 73.0 Å². The maximum absolute atomic E-state index is 9.31. The van der Waals surface area contributed by atoms with Crippen molar-refractivity contribution in [2.75, 3.05) is 18.1 Å². The molecule has 5 heteroatoms. The minimum atomic E-state index is 0.0672. The number of nitrogens with zero attached hydrogens (tertiary/aromatic N) is 4. The van der Waals surface area contributed by atoms with Crippen LogP contribution < -0.4 is 4.90 Å². The standard InChI is InChI=1S/C11H14N4O/c12-7-10-11(14-5-4-13-10)15-6-2-1-3-9(15)8-16/h4-5,9,16H,1-3,6,8H2. The largest absolute Gasteiger partial charge is 0.394 e. The molecule has 1 N–H and O–H groups in total. The van der Waals surface area contributed by atoms with Crippen LogP contribution in [0.3, 0.4) is 0 Å². The summed E-state index contributed by atoms with van der Waals surface area (Å²) in [5.74, 6) is 0.601. The van der Waals surface area contributed by atoms with Crippen LogP contribution in [0.25, 0.3) is 0 Å². The fourth-order valence-corrected chi connectivity index (χ4v) is 2.09. The van der Waals surface area contributed by atoms with Crippen molar-refractivity contribution >= 4 is 5.82 Å². The highest BCUT2D eigenvalue weighted by molar-refractivity contribution is 5.50. The molecule has 1 aliphatic rings. The van der Waals surface area contributed by atoms with Gasteiger partial charge in [-0.25, -0.2) is 9.97 Å². The average molecular weight is 218 g/mol. The van der Waals surface area contributed by atoms with Gasteiger partial charge in [-0.15, -0.1) is 0 Å². The van der Waals surface area contributed by atoms with Crippen LogP contribution in [0.1, 0.15) is 25.0 Å². The maximum atomic E-state index is 9.31. The summed E-state index contributed by atoms with van der Waals surface area (Å²) in [6.45, 7) is 0.931. The van der Waals surface area contributed by atoms with Gasteiger partial charge in [-0.1, -0.05) is 0 Å². The molecule has 0 aliphatic carbocycles. The van der Waals surface area contributed by atoms with E-state index in [0.29, 0.717) is 11.5 Å². The number of anilines is 1. The molecule has 1 unspecified atom stereocenters. The molecule has 1 saturated heterocycles. The van der Waals surface area contributed by atoms with Gasteiger partial charge in [0.1, 0.15) is 6.07 Å². The highest BCUT2D eigenvalue weighted by atomic mass is 16.3. The maximum Gasteiger partial charge on any atom is 0.183 e. The number of nitriles is 1. The lowest BCUT2D eigenvalue weighted by molar-refractivity contribution is 0.239. The van der Waals surface area contributed by atoms with E-state index in [-0.39, 0.29) is 12.6 Å². The van der Waals surface area contributed by atoms with Crippen molar-refractivity contribution in [2.24, 2.45) is 0 Å². The van der Waals surface area contributed by atoms with Crippen molar-refractivity contribution in [3.63, 3.8) is 0 Å². The number of hydrogen-bond acceptors (Lipinski definition) is 5. The minimum Gasteiger partial charge on any atom is -0.394 e. The van der Waals surface area contributed by atoms with Crippen LogP contribution in [0.15, 0.2) is 12.4 Å². The first-order valence-corrected chi connectivity index (χ1v) is 5.45. The van der Waals surface area contributed by atoms with Gasteiger partial charge < -0.3 is 10.0 Å². The lowest BCUT2D eigenvalue weighted by Crippen LogP contribution is -2.42. The van der Waals surface area contributed by atoms with Crippen LogP contribution in [0.5, 0.6) is 0 Å². The molecule has 1 atom stereocenters. The van der Waals surface area contributed by atoms with Crippen LogP contribution in [-0.4, -0.2) is 34.3 Å². The van der Waals surface area contributed by atoms with Crippen LogP contribution in [0, 0.1) is 11.3 Å². The minimum absolute atomic E-state index is 0.0672. The first kappa shape index (κ1) is 10.8. The lowest BCUT2D eigenvalue weighted by Gasteiger charge is -2.35. The molecule has 0 amide bonds. The zero-order valence-electron chi connectivity index (χ0n) is 9.00. The Hall–Kier alpha value is -1.67. The first-order valence-electron chi connectivity index (χ1n) is 5.45. The molecule has 1 aromatic heterocycles. The third-order valence-electron chi connectivity index (χ3n) is 2.89. The molecule has 16 heavy (non-hydrogen) atoms. The number of aliphatic hydroxyl groups is 1. The second-order valence-electron chi connectivity index (χ2n) is 3.87. The Bertz CT molecular complexity index is 401. The van der Waals surface area contributed by atoms with Crippen LogP contribution in [-0.2, 0) is 0 Å². The Kier molecular flexibility index (Phi) is 3.32. The van der Waals surface area contributed by atoms with Crippen LogP contribution in [0.2, 0.25) is 0 Å². The Morgan fingerprint density at radius 3 is 3.00 bits per heavy atom. The number of rotatable bonds is 2. The van der Waals surface area contributed by atoms with Gasteiger partial charge in [0.05, 0.1) is 12.6 Å². The predicted molar refractivity (Wildman–Crippen MR) is 58.8 cm³/mol. The monoisotopic (exact) mass is 218 g/mol. The first-order chi connectivity index (χ1) is 7.86.